The summed E-state index contributed by atoms with van der Waals surface area (Å²) in [5.41, 5.74) is -2.05. The van der Waals surface area contributed by atoms with Gasteiger partial charge in [0, 0.05) is 18.7 Å². The highest BCUT2D eigenvalue weighted by atomic mass is 19.4. The minimum atomic E-state index is -4.97. The first-order chi connectivity index (χ1) is 19.2. The van der Waals surface area contributed by atoms with Gasteiger partial charge >= 0.3 is 24.0 Å². The molecule has 2 N–H and O–H groups in total. The van der Waals surface area contributed by atoms with Crippen molar-refractivity contribution >= 4 is 23.7 Å². The summed E-state index contributed by atoms with van der Waals surface area (Å²) >= 11 is 0. The van der Waals surface area contributed by atoms with Crippen molar-refractivity contribution in [3.63, 3.8) is 0 Å². The molecular weight excluding hydrogens is 555 g/mol. The minimum Gasteiger partial charge on any atom is -0.478 e. The molecule has 1 aliphatic rings. The van der Waals surface area contributed by atoms with Gasteiger partial charge in [-0.3, -0.25) is 4.79 Å². The minimum absolute atomic E-state index is 0.000757. The molecule has 2 aromatic carbocycles. The molecule has 2 heterocycles. The summed E-state index contributed by atoms with van der Waals surface area (Å²) in [7, 11) is 0. The Bertz CT molecular complexity index is 1470. The number of amides is 1. The molecule has 4 rings (SSSR count). The van der Waals surface area contributed by atoms with E-state index in [0.717, 1.165) is 16.8 Å². The molecule has 0 aliphatic carbocycles. The van der Waals surface area contributed by atoms with Crippen LogP contribution in [0.25, 0.3) is 0 Å². The van der Waals surface area contributed by atoms with Crippen molar-refractivity contribution in [1.82, 2.24) is 15.1 Å². The van der Waals surface area contributed by atoms with E-state index in [9.17, 15) is 36.3 Å². The first kappa shape index (κ1) is 29.5. The van der Waals surface area contributed by atoms with Crippen LogP contribution in [0.5, 0.6) is 0 Å². The number of aromatic nitrogens is 2. The lowest BCUT2D eigenvalue weighted by atomic mass is 10.0. The number of esters is 1. The fraction of sp³-hybridized carbons (Fsp3) is 0.333. The number of carbonyl (C=O) groups excluding carboxylic acids is 2. The lowest BCUT2D eigenvalue weighted by Gasteiger charge is -2.22. The molecule has 14 heteroatoms. The summed E-state index contributed by atoms with van der Waals surface area (Å²) in [5.74, 6) is -8.02. The van der Waals surface area contributed by atoms with Crippen LogP contribution in [0.3, 0.4) is 0 Å². The number of anilines is 1. The number of carboxylic acid groups (broad SMARTS) is 1. The molecule has 3 aromatic rings. The monoisotopic (exact) mass is 580 g/mol. The number of nitrogens with one attached hydrogen (secondary N) is 1. The number of aromatic carboxylic acids is 1. The Morgan fingerprint density at radius 2 is 1.76 bits per heavy atom. The zero-order valence-corrected chi connectivity index (χ0v) is 21.8. The van der Waals surface area contributed by atoms with Gasteiger partial charge in [-0.2, -0.15) is 27.1 Å². The Morgan fingerprint density at radius 1 is 1.07 bits per heavy atom. The van der Waals surface area contributed by atoms with E-state index in [1.54, 1.807) is 0 Å². The number of benzene rings is 2. The van der Waals surface area contributed by atoms with Crippen LogP contribution < -0.4 is 10.2 Å². The summed E-state index contributed by atoms with van der Waals surface area (Å²) in [6, 6.07) is 9.55. The molecule has 0 radical (unpaired) electrons. The highest BCUT2D eigenvalue weighted by Crippen LogP contribution is 2.39. The van der Waals surface area contributed by atoms with Gasteiger partial charge in [0.25, 0.3) is 5.91 Å². The van der Waals surface area contributed by atoms with E-state index >= 15 is 0 Å². The van der Waals surface area contributed by atoms with Crippen LogP contribution in [-0.4, -0.2) is 45.9 Å². The number of halogens is 5. The normalized spacial score (nSPS) is 14.0. The molecule has 0 saturated carbocycles. The first-order valence-corrected chi connectivity index (χ1v) is 12.5. The third-order valence-electron chi connectivity index (χ3n) is 6.50. The molecule has 0 spiro atoms. The molecule has 1 aliphatic heterocycles. The molecule has 41 heavy (non-hydrogen) atoms. The van der Waals surface area contributed by atoms with Gasteiger partial charge < -0.3 is 20.1 Å². The van der Waals surface area contributed by atoms with Crippen molar-refractivity contribution in [1.29, 1.82) is 0 Å². The molecule has 0 saturated heterocycles. The molecule has 1 amide bonds. The lowest BCUT2D eigenvalue weighted by molar-refractivity contribution is -0.173. The number of nitrogens with zero attached hydrogens (tertiary/aromatic N) is 3. The highest BCUT2D eigenvalue weighted by Gasteiger charge is 2.45. The Labute approximate surface area is 230 Å². The topological polar surface area (TPSA) is 114 Å². The fourth-order valence-electron chi connectivity index (χ4n) is 4.50. The summed E-state index contributed by atoms with van der Waals surface area (Å²) in [6.45, 7) is 2.67. The molecule has 0 bridgehead atoms. The standard InChI is InChI=1S/C27H25F5N4O5/c1-3-41-25(40)26(28,29)19-6-4-5-16(13-19)14-35-11-12-36-23(35)20(21(34-36)27(30,31)32)22(37)33-15(2)17-7-9-18(10-8-17)24(38)39/h4-10,13,15H,3,11-12,14H2,1-2H3,(H,33,37)(H,38,39)/t15-/m0/s1. The maximum atomic E-state index is 14.6. The third kappa shape index (κ3) is 6.00. The summed E-state index contributed by atoms with van der Waals surface area (Å²) < 4.78 is 76.6. The van der Waals surface area contributed by atoms with Crippen LogP contribution in [0.2, 0.25) is 0 Å². The van der Waals surface area contributed by atoms with Gasteiger partial charge in [-0.25, -0.2) is 14.3 Å². The molecular formula is C27H25F5N4O5. The van der Waals surface area contributed by atoms with Crippen LogP contribution in [0.15, 0.2) is 48.5 Å². The number of fused-ring (bicyclic) bond motifs is 1. The number of carboxylic acids is 1. The van der Waals surface area contributed by atoms with Gasteiger partial charge in [-0.05, 0) is 43.2 Å². The summed E-state index contributed by atoms with van der Waals surface area (Å²) in [4.78, 5) is 37.6. The Hall–Kier alpha value is -4.49. The summed E-state index contributed by atoms with van der Waals surface area (Å²) in [5, 5.41) is 15.2. The van der Waals surface area contributed by atoms with Gasteiger partial charge in [0.05, 0.1) is 24.8 Å². The van der Waals surface area contributed by atoms with Crippen molar-refractivity contribution in [2.24, 2.45) is 0 Å². The van der Waals surface area contributed by atoms with Crippen molar-refractivity contribution in [3.05, 3.63) is 82.0 Å². The second-order valence-corrected chi connectivity index (χ2v) is 9.31. The predicted molar refractivity (Wildman–Crippen MR) is 135 cm³/mol. The molecule has 218 valence electrons. The maximum absolute atomic E-state index is 14.6. The van der Waals surface area contributed by atoms with Gasteiger partial charge in [0.15, 0.2) is 5.69 Å². The van der Waals surface area contributed by atoms with Crippen LogP contribution in [0.4, 0.5) is 27.8 Å². The smallest absolute Gasteiger partial charge is 0.436 e. The van der Waals surface area contributed by atoms with Crippen molar-refractivity contribution in [3.8, 4) is 0 Å². The van der Waals surface area contributed by atoms with Crippen LogP contribution in [-0.2, 0) is 34.7 Å². The van der Waals surface area contributed by atoms with E-state index in [-0.39, 0.29) is 43.2 Å². The van der Waals surface area contributed by atoms with Crippen molar-refractivity contribution in [2.75, 3.05) is 18.1 Å². The van der Waals surface area contributed by atoms with E-state index in [2.05, 4.69) is 15.2 Å². The largest absolute Gasteiger partial charge is 0.478 e. The van der Waals surface area contributed by atoms with Gasteiger partial charge in [0.1, 0.15) is 11.4 Å². The predicted octanol–water partition coefficient (Wildman–Crippen LogP) is 4.77. The number of ether oxygens (including phenoxy) is 1. The number of alkyl halides is 5. The molecule has 0 fully saturated rings. The molecule has 1 atom stereocenters. The average molecular weight is 581 g/mol. The SMILES string of the molecule is CCOC(=O)C(F)(F)c1cccc(CN2CCn3nc(C(F)(F)F)c(C(=O)N[C@@H](C)c4ccc(C(=O)O)cc4)c32)c1. The molecule has 1 aromatic heterocycles. The molecule has 9 nitrogen and oxygen atoms in total. The number of hydrogen-bond donors (Lipinski definition) is 2. The Morgan fingerprint density at radius 3 is 2.37 bits per heavy atom. The zero-order chi connectivity index (χ0) is 30.1. The van der Waals surface area contributed by atoms with E-state index in [4.69, 9.17) is 5.11 Å². The van der Waals surface area contributed by atoms with Gasteiger partial charge in [-0.15, -0.1) is 0 Å². The summed E-state index contributed by atoms with van der Waals surface area (Å²) in [6.07, 6.45) is -4.97. The van der Waals surface area contributed by atoms with E-state index in [0.29, 0.717) is 5.56 Å². The number of hydrogen-bond acceptors (Lipinski definition) is 6. The number of rotatable bonds is 9. The Balaban J connectivity index is 1.63. The fourth-order valence-corrected chi connectivity index (χ4v) is 4.50. The van der Waals surface area contributed by atoms with E-state index < -0.39 is 52.8 Å². The lowest BCUT2D eigenvalue weighted by Crippen LogP contribution is -2.31. The van der Waals surface area contributed by atoms with Crippen molar-refractivity contribution < 1.29 is 46.2 Å². The average Bonchev–Trinajstić information content (AvgIpc) is 3.49. The first-order valence-electron chi connectivity index (χ1n) is 12.5. The third-order valence-corrected chi connectivity index (χ3v) is 6.50. The van der Waals surface area contributed by atoms with Crippen LogP contribution in [0, 0.1) is 0 Å². The zero-order valence-electron chi connectivity index (χ0n) is 21.8. The number of carbonyl (C=O) groups is 3. The maximum Gasteiger partial charge on any atom is 0.436 e. The second kappa shape index (κ2) is 11.2. The quantitative estimate of drug-likeness (QED) is 0.277. The van der Waals surface area contributed by atoms with E-state index in [1.165, 1.54) is 55.1 Å². The van der Waals surface area contributed by atoms with Crippen molar-refractivity contribution in [2.45, 2.75) is 45.1 Å². The second-order valence-electron chi connectivity index (χ2n) is 9.31. The van der Waals surface area contributed by atoms with Gasteiger partial charge in [0.2, 0.25) is 0 Å². The Kier molecular flexibility index (Phi) is 8.04. The van der Waals surface area contributed by atoms with Gasteiger partial charge in [-0.1, -0.05) is 30.3 Å². The van der Waals surface area contributed by atoms with Crippen LogP contribution >= 0.6 is 0 Å². The highest BCUT2D eigenvalue weighted by molar-refractivity contribution is 6.01. The van der Waals surface area contributed by atoms with E-state index in [1.807, 2.05) is 0 Å². The molecule has 0 unspecified atom stereocenters. The van der Waals surface area contributed by atoms with Crippen LogP contribution in [0.1, 0.15) is 63.0 Å².